The fourth-order valence-electron chi connectivity index (χ4n) is 1.98. The molecule has 0 radical (unpaired) electrons. The van der Waals surface area contributed by atoms with E-state index in [1.165, 1.54) is 4.57 Å². The molecule has 3 N–H and O–H groups in total. The summed E-state index contributed by atoms with van der Waals surface area (Å²) >= 11 is 0. The van der Waals surface area contributed by atoms with Crippen LogP contribution in [0.25, 0.3) is 11.2 Å². The van der Waals surface area contributed by atoms with E-state index in [0.717, 1.165) is 6.42 Å². The predicted octanol–water partition coefficient (Wildman–Crippen LogP) is -0.374. The highest BCUT2D eigenvalue weighted by Crippen LogP contribution is 2.16. The third-order valence-electron chi connectivity index (χ3n) is 3.32. The fraction of sp³-hybridized carbons (Fsp3) is 0.583. The molecule has 20 heavy (non-hydrogen) atoms. The lowest BCUT2D eigenvalue weighted by Gasteiger charge is -2.13. The van der Waals surface area contributed by atoms with Crippen LogP contribution in [0.15, 0.2) is 9.59 Å². The van der Waals surface area contributed by atoms with Gasteiger partial charge in [0.1, 0.15) is 0 Å². The Morgan fingerprint density at radius 3 is 2.75 bits per heavy atom. The molecule has 0 aliphatic carbocycles. The van der Waals surface area contributed by atoms with Gasteiger partial charge in [-0.3, -0.25) is 14.3 Å². The van der Waals surface area contributed by atoms with Gasteiger partial charge in [-0.05, 0) is 13.3 Å². The van der Waals surface area contributed by atoms with Crippen LogP contribution in [0.5, 0.6) is 0 Å². The van der Waals surface area contributed by atoms with Crippen LogP contribution in [0.1, 0.15) is 20.3 Å². The molecule has 110 valence electrons. The minimum Gasteiger partial charge on any atom is -0.395 e. The second-order valence-electron chi connectivity index (χ2n) is 4.75. The first kappa shape index (κ1) is 14.3. The standard InChI is InChI=1S/C12H19N5O3/c1-4-7(2)13-11-14-9-8(17(11)5-6-18)10(19)15-12(20)16(9)3/h7,18H,4-6H2,1-3H3,(H,13,14)(H,15,19,20). The van der Waals surface area contributed by atoms with Crippen molar-refractivity contribution in [1.29, 1.82) is 0 Å². The van der Waals surface area contributed by atoms with Crippen molar-refractivity contribution >= 4 is 17.1 Å². The lowest BCUT2D eigenvalue weighted by Crippen LogP contribution is -2.29. The maximum atomic E-state index is 12.0. The highest BCUT2D eigenvalue weighted by Gasteiger charge is 2.17. The maximum Gasteiger partial charge on any atom is 0.329 e. The van der Waals surface area contributed by atoms with Crippen molar-refractivity contribution in [3.63, 3.8) is 0 Å². The number of H-pyrrole nitrogens is 1. The fourth-order valence-corrected chi connectivity index (χ4v) is 1.98. The van der Waals surface area contributed by atoms with E-state index in [9.17, 15) is 14.7 Å². The average Bonchev–Trinajstić information content (AvgIpc) is 2.76. The molecular weight excluding hydrogens is 262 g/mol. The SMILES string of the molecule is CCC(C)Nc1nc2c(c(=O)[nH]c(=O)n2C)n1CCO. The van der Waals surface area contributed by atoms with Gasteiger partial charge in [0, 0.05) is 19.6 Å². The van der Waals surface area contributed by atoms with Crippen molar-refractivity contribution in [2.24, 2.45) is 7.05 Å². The molecule has 8 nitrogen and oxygen atoms in total. The van der Waals surface area contributed by atoms with Crippen LogP contribution in [-0.4, -0.2) is 36.9 Å². The Morgan fingerprint density at radius 1 is 1.45 bits per heavy atom. The molecule has 0 spiro atoms. The first-order valence-electron chi connectivity index (χ1n) is 6.56. The number of rotatable bonds is 5. The first-order valence-corrected chi connectivity index (χ1v) is 6.56. The van der Waals surface area contributed by atoms with Crippen molar-refractivity contribution in [2.45, 2.75) is 32.9 Å². The molecule has 2 aromatic heterocycles. The van der Waals surface area contributed by atoms with Gasteiger partial charge in [0.25, 0.3) is 5.56 Å². The molecule has 1 atom stereocenters. The molecule has 2 rings (SSSR count). The minimum absolute atomic E-state index is 0.122. The molecule has 0 aliphatic heterocycles. The molecule has 0 fully saturated rings. The molecule has 0 aliphatic rings. The third-order valence-corrected chi connectivity index (χ3v) is 3.32. The van der Waals surface area contributed by atoms with Gasteiger partial charge in [-0.1, -0.05) is 6.92 Å². The number of aliphatic hydroxyl groups excluding tert-OH is 1. The number of fused-ring (bicyclic) bond motifs is 1. The number of imidazole rings is 1. The van der Waals surface area contributed by atoms with Crippen molar-refractivity contribution in [1.82, 2.24) is 19.1 Å². The van der Waals surface area contributed by atoms with Crippen LogP contribution in [0.2, 0.25) is 0 Å². The topological polar surface area (TPSA) is 105 Å². The summed E-state index contributed by atoms with van der Waals surface area (Å²) in [5.74, 6) is 0.482. The number of aliphatic hydroxyl groups is 1. The van der Waals surface area contributed by atoms with Crippen LogP contribution in [0, 0.1) is 0 Å². The Balaban J connectivity index is 2.72. The highest BCUT2D eigenvalue weighted by atomic mass is 16.3. The normalized spacial score (nSPS) is 12.8. The molecule has 0 aromatic carbocycles. The van der Waals surface area contributed by atoms with E-state index in [2.05, 4.69) is 15.3 Å². The Hall–Kier alpha value is -2.09. The molecular formula is C12H19N5O3. The van der Waals surface area contributed by atoms with Gasteiger partial charge in [0.2, 0.25) is 5.95 Å². The number of aromatic nitrogens is 4. The van der Waals surface area contributed by atoms with Gasteiger partial charge in [0.15, 0.2) is 11.2 Å². The van der Waals surface area contributed by atoms with Gasteiger partial charge < -0.3 is 15.0 Å². The minimum atomic E-state index is -0.508. The molecule has 1 unspecified atom stereocenters. The van der Waals surface area contributed by atoms with E-state index >= 15 is 0 Å². The summed E-state index contributed by atoms with van der Waals surface area (Å²) in [6, 6.07) is 0.167. The molecule has 0 bridgehead atoms. The summed E-state index contributed by atoms with van der Waals surface area (Å²) in [6.45, 7) is 4.13. The van der Waals surface area contributed by atoms with Gasteiger partial charge >= 0.3 is 5.69 Å². The van der Waals surface area contributed by atoms with Crippen molar-refractivity contribution < 1.29 is 5.11 Å². The monoisotopic (exact) mass is 281 g/mol. The number of aromatic amines is 1. The smallest absolute Gasteiger partial charge is 0.329 e. The van der Waals surface area contributed by atoms with Crippen LogP contribution in [0.3, 0.4) is 0 Å². The molecule has 0 saturated carbocycles. The Morgan fingerprint density at radius 2 is 2.15 bits per heavy atom. The summed E-state index contributed by atoms with van der Waals surface area (Å²) in [4.78, 5) is 30.1. The van der Waals surface area contributed by atoms with Crippen LogP contribution in [0.4, 0.5) is 5.95 Å². The average molecular weight is 281 g/mol. The summed E-state index contributed by atoms with van der Waals surface area (Å²) < 4.78 is 2.88. The maximum absolute atomic E-state index is 12.0. The van der Waals surface area contributed by atoms with Crippen molar-refractivity contribution in [2.75, 3.05) is 11.9 Å². The van der Waals surface area contributed by atoms with Gasteiger partial charge in [-0.25, -0.2) is 4.79 Å². The summed E-state index contributed by atoms with van der Waals surface area (Å²) in [6.07, 6.45) is 0.887. The Kier molecular flexibility index (Phi) is 3.93. The number of hydrogen-bond donors (Lipinski definition) is 3. The molecule has 2 heterocycles. The second kappa shape index (κ2) is 5.49. The number of aryl methyl sites for hydroxylation is 1. The van der Waals surface area contributed by atoms with E-state index in [0.29, 0.717) is 11.6 Å². The predicted molar refractivity (Wildman–Crippen MR) is 76.1 cm³/mol. The van der Waals surface area contributed by atoms with Crippen molar-refractivity contribution in [3.05, 3.63) is 20.8 Å². The van der Waals surface area contributed by atoms with E-state index < -0.39 is 11.2 Å². The zero-order valence-electron chi connectivity index (χ0n) is 11.8. The Labute approximate surface area is 115 Å². The first-order chi connectivity index (χ1) is 9.49. The zero-order valence-corrected chi connectivity index (χ0v) is 11.8. The van der Waals surface area contributed by atoms with E-state index in [1.807, 2.05) is 13.8 Å². The number of hydrogen-bond acceptors (Lipinski definition) is 5. The third kappa shape index (κ3) is 2.34. The summed E-state index contributed by atoms with van der Waals surface area (Å²) in [5.41, 5.74) is -0.419. The van der Waals surface area contributed by atoms with Gasteiger partial charge in [-0.2, -0.15) is 4.98 Å². The Bertz CT molecular complexity index is 727. The van der Waals surface area contributed by atoms with Crippen molar-refractivity contribution in [3.8, 4) is 0 Å². The van der Waals surface area contributed by atoms with Crippen LogP contribution < -0.4 is 16.6 Å². The number of nitrogens with zero attached hydrogens (tertiary/aromatic N) is 3. The van der Waals surface area contributed by atoms with Crippen LogP contribution in [-0.2, 0) is 13.6 Å². The van der Waals surface area contributed by atoms with E-state index in [-0.39, 0.29) is 24.7 Å². The summed E-state index contributed by atoms with van der Waals surface area (Å²) in [7, 11) is 1.55. The van der Waals surface area contributed by atoms with E-state index in [1.54, 1.807) is 11.6 Å². The lowest BCUT2D eigenvalue weighted by molar-refractivity contribution is 0.278. The lowest BCUT2D eigenvalue weighted by atomic mass is 10.3. The highest BCUT2D eigenvalue weighted by molar-refractivity contribution is 5.74. The number of anilines is 1. The molecule has 2 aromatic rings. The quantitative estimate of drug-likeness (QED) is 0.693. The van der Waals surface area contributed by atoms with E-state index in [4.69, 9.17) is 0 Å². The second-order valence-corrected chi connectivity index (χ2v) is 4.75. The van der Waals surface area contributed by atoms with Gasteiger partial charge in [-0.15, -0.1) is 0 Å². The molecule has 0 saturated heterocycles. The van der Waals surface area contributed by atoms with Gasteiger partial charge in [0.05, 0.1) is 6.61 Å². The molecule has 0 amide bonds. The molecule has 8 heteroatoms. The zero-order chi connectivity index (χ0) is 14.9. The number of nitrogens with one attached hydrogen (secondary N) is 2. The van der Waals surface area contributed by atoms with Crippen LogP contribution >= 0.6 is 0 Å². The summed E-state index contributed by atoms with van der Waals surface area (Å²) in [5, 5.41) is 12.4. The largest absolute Gasteiger partial charge is 0.395 e.